The molecule has 284 valence electrons. The van der Waals surface area contributed by atoms with Crippen molar-refractivity contribution in [3.05, 3.63) is 247 Å². The second-order valence-electron chi connectivity index (χ2n) is 15.7. The van der Waals surface area contributed by atoms with E-state index in [2.05, 4.69) is 66.7 Å². The molecule has 0 bridgehead atoms. The molecule has 13 rings (SSSR count). The molecule has 0 aliphatic heterocycles. The number of hydrogen-bond donors (Lipinski definition) is 0. The predicted octanol–water partition coefficient (Wildman–Crippen LogP) is 16.4. The number of nitrogens with zero attached hydrogens (tertiary/aromatic N) is 1. The van der Waals surface area contributed by atoms with Crippen LogP contribution in [-0.2, 0) is 5.41 Å². The fourth-order valence-electron chi connectivity index (χ4n) is 10.2. The molecule has 0 unspecified atom stereocenters. The van der Waals surface area contributed by atoms with Crippen molar-refractivity contribution >= 4 is 59.3 Å². The van der Waals surface area contributed by atoms with E-state index >= 15 is 0 Å². The van der Waals surface area contributed by atoms with Crippen molar-refractivity contribution in [2.24, 2.45) is 0 Å². The van der Waals surface area contributed by atoms with Crippen molar-refractivity contribution in [3.8, 4) is 44.5 Å². The van der Waals surface area contributed by atoms with Crippen LogP contribution < -0.4 is 4.90 Å². The normalized spacial score (nSPS) is 14.9. The van der Waals surface area contributed by atoms with E-state index in [4.69, 9.17) is 0 Å². The number of thiophene rings is 1. The molecule has 1 aromatic heterocycles. The third kappa shape index (κ3) is 4.88. The lowest BCUT2D eigenvalue weighted by atomic mass is 9.70. The van der Waals surface area contributed by atoms with Crippen LogP contribution in [0.5, 0.6) is 0 Å². The van der Waals surface area contributed by atoms with Crippen molar-refractivity contribution in [2.75, 3.05) is 4.90 Å². The number of anilines is 3. The van der Waals surface area contributed by atoms with Gasteiger partial charge in [0.1, 0.15) is 0 Å². The summed E-state index contributed by atoms with van der Waals surface area (Å²) in [6.45, 7) is 0. The van der Waals surface area contributed by atoms with Gasteiger partial charge in [0.25, 0.3) is 0 Å². The van der Waals surface area contributed by atoms with E-state index in [0.717, 1.165) is 75.5 Å². The van der Waals surface area contributed by atoms with Crippen LogP contribution in [0.3, 0.4) is 0 Å². The first kappa shape index (κ1) is 27.3. The molecule has 0 atom stereocenters. The summed E-state index contributed by atoms with van der Waals surface area (Å²) in [5.74, 6) is 0. The lowest BCUT2D eigenvalue weighted by molar-refractivity contribution is 0.794. The molecule has 1 heterocycles. The molecule has 2 heteroatoms. The molecular formula is C59H37NS. The fraction of sp³-hybridized carbons (Fsp3) is 0.0169. The first-order chi connectivity index (χ1) is 33.6. The Morgan fingerprint density at radius 3 is 1.79 bits per heavy atom. The Labute approximate surface area is 370 Å². The van der Waals surface area contributed by atoms with E-state index in [1.807, 2.05) is 109 Å². The summed E-state index contributed by atoms with van der Waals surface area (Å²) in [5.41, 5.74) is 8.65. The number of benzene rings is 10. The highest BCUT2D eigenvalue weighted by atomic mass is 32.1. The number of fused-ring (bicyclic) bond motifs is 14. The molecule has 1 nitrogen and oxygen atoms in total. The number of hydrogen-bond acceptors (Lipinski definition) is 2. The van der Waals surface area contributed by atoms with Crippen molar-refractivity contribution in [1.82, 2.24) is 0 Å². The van der Waals surface area contributed by atoms with Crippen LogP contribution in [0.2, 0.25) is 0 Å². The van der Waals surface area contributed by atoms with Gasteiger partial charge in [0.15, 0.2) is 0 Å². The highest BCUT2D eigenvalue weighted by Crippen LogP contribution is 2.64. The van der Waals surface area contributed by atoms with Crippen LogP contribution in [0.25, 0.3) is 75.5 Å². The minimum Gasteiger partial charge on any atom is -0.310 e. The van der Waals surface area contributed by atoms with Crippen molar-refractivity contribution < 1.29 is 11.0 Å². The summed E-state index contributed by atoms with van der Waals surface area (Å²) >= 11 is 1.60. The Balaban J connectivity index is 1.17. The van der Waals surface area contributed by atoms with Gasteiger partial charge in [-0.25, -0.2) is 0 Å². The smallest absolute Gasteiger partial charge is 0.0726 e. The molecule has 1 spiro atoms. The monoisotopic (exact) mass is 799 g/mol. The van der Waals surface area contributed by atoms with E-state index in [1.54, 1.807) is 11.3 Å². The van der Waals surface area contributed by atoms with Gasteiger partial charge >= 0.3 is 0 Å². The summed E-state index contributed by atoms with van der Waals surface area (Å²) in [7, 11) is 0. The molecule has 0 saturated heterocycles. The second-order valence-corrected chi connectivity index (χ2v) is 16.8. The van der Waals surface area contributed by atoms with Gasteiger partial charge in [-0.3, -0.25) is 0 Å². The maximum absolute atomic E-state index is 10.4. The highest BCUT2D eigenvalue weighted by Gasteiger charge is 2.52. The van der Waals surface area contributed by atoms with Crippen LogP contribution in [0, 0.1) is 0 Å². The van der Waals surface area contributed by atoms with Crippen molar-refractivity contribution in [3.63, 3.8) is 0 Å². The highest BCUT2D eigenvalue weighted by molar-refractivity contribution is 7.25. The Morgan fingerprint density at radius 1 is 0.410 bits per heavy atom. The maximum Gasteiger partial charge on any atom is 0.0726 e. The molecule has 0 fully saturated rings. The van der Waals surface area contributed by atoms with E-state index in [1.165, 1.54) is 4.90 Å². The maximum atomic E-state index is 10.4. The SMILES string of the molecule is [2H]c1c([2H])c(-c2cccc3sc4ccccc4c23)c([2H])c(N(c2cccc3c2-c2ccccc2C32c3ccccc3-c3ccccc32)c2c([2H])c([2H])c(-c3cccc4ccccc34)c([2H])c2[2H])c1[2H]. The second kappa shape index (κ2) is 13.2. The summed E-state index contributed by atoms with van der Waals surface area (Å²) < 4.78 is 81.0. The zero-order valence-electron chi connectivity index (χ0n) is 40.6. The van der Waals surface area contributed by atoms with E-state index < -0.39 is 17.5 Å². The molecular weight excluding hydrogens is 755 g/mol. The van der Waals surface area contributed by atoms with Crippen LogP contribution in [0.15, 0.2) is 224 Å². The molecule has 0 saturated carbocycles. The topological polar surface area (TPSA) is 3.24 Å². The average molecular weight is 800 g/mol. The molecule has 10 aromatic carbocycles. The third-order valence-electron chi connectivity index (χ3n) is 12.6. The summed E-state index contributed by atoms with van der Waals surface area (Å²) in [6.07, 6.45) is 0. The molecule has 11 aromatic rings. The lowest BCUT2D eigenvalue weighted by Gasteiger charge is -2.32. The van der Waals surface area contributed by atoms with Gasteiger partial charge in [-0.1, -0.05) is 182 Å². The summed E-state index contributed by atoms with van der Waals surface area (Å²) in [6, 6.07) is 55.2. The Hall–Kier alpha value is -7.52. The first-order valence-corrected chi connectivity index (χ1v) is 21.3. The van der Waals surface area contributed by atoms with Gasteiger partial charge in [0.05, 0.1) is 22.1 Å². The van der Waals surface area contributed by atoms with E-state index in [0.29, 0.717) is 16.8 Å². The zero-order valence-corrected chi connectivity index (χ0v) is 33.4. The van der Waals surface area contributed by atoms with Crippen molar-refractivity contribution in [1.29, 1.82) is 0 Å². The standard InChI is InChI=1S/C59H37NS/c1-2-19-43-38(15-1)16-12-24-44(43)39-33-35-41(36-34-39)60(42-18-11-17-40(37-42)45-25-13-32-56-57(45)49-23-6-10-31-55(49)61-56)54-30-14-29-53-58(54)48-22-5-9-28-52(48)59(53)50-26-7-3-20-46(50)47-21-4-8-27-51(47)59/h1-37H/i11D,17D,18D,33D,34D,35D,36D,37D. The Bertz CT molecular complexity index is 3960. The van der Waals surface area contributed by atoms with Gasteiger partial charge in [-0.2, -0.15) is 0 Å². The lowest BCUT2D eigenvalue weighted by Crippen LogP contribution is -2.26. The molecule has 0 amide bonds. The predicted molar refractivity (Wildman–Crippen MR) is 259 cm³/mol. The minimum absolute atomic E-state index is 0.125. The molecule has 2 aliphatic carbocycles. The molecule has 0 radical (unpaired) electrons. The summed E-state index contributed by atoms with van der Waals surface area (Å²) in [5, 5.41) is 3.43. The van der Waals surface area contributed by atoms with Gasteiger partial charge < -0.3 is 4.90 Å². The Kier molecular flexibility index (Phi) is 5.92. The molecule has 2 aliphatic rings. The van der Waals surface area contributed by atoms with Crippen LogP contribution in [0.1, 0.15) is 33.2 Å². The van der Waals surface area contributed by atoms with Gasteiger partial charge in [-0.15, -0.1) is 11.3 Å². The largest absolute Gasteiger partial charge is 0.310 e. The molecule has 61 heavy (non-hydrogen) atoms. The Morgan fingerprint density at radius 2 is 0.984 bits per heavy atom. The zero-order chi connectivity index (χ0) is 47.0. The van der Waals surface area contributed by atoms with Crippen LogP contribution in [0.4, 0.5) is 17.1 Å². The third-order valence-corrected chi connectivity index (χ3v) is 13.8. The summed E-state index contributed by atoms with van der Waals surface area (Å²) in [4.78, 5) is 1.53. The van der Waals surface area contributed by atoms with Crippen LogP contribution >= 0.6 is 11.3 Å². The fourth-order valence-corrected chi connectivity index (χ4v) is 11.4. The van der Waals surface area contributed by atoms with Gasteiger partial charge in [0.2, 0.25) is 0 Å². The minimum atomic E-state index is -0.798. The van der Waals surface area contributed by atoms with Gasteiger partial charge in [0, 0.05) is 37.1 Å². The molecule has 0 N–H and O–H groups in total. The van der Waals surface area contributed by atoms with E-state index in [-0.39, 0.29) is 58.8 Å². The van der Waals surface area contributed by atoms with Crippen LogP contribution in [-0.4, -0.2) is 0 Å². The quantitative estimate of drug-likeness (QED) is 0.168. The van der Waals surface area contributed by atoms with Gasteiger partial charge in [-0.05, 0) is 114 Å². The van der Waals surface area contributed by atoms with E-state index in [9.17, 15) is 11.0 Å². The average Bonchev–Trinajstić information content (AvgIpc) is 4.02. The number of rotatable bonds is 5. The van der Waals surface area contributed by atoms with Crippen molar-refractivity contribution in [2.45, 2.75) is 5.41 Å². The first-order valence-electron chi connectivity index (χ1n) is 24.4.